The number of rotatable bonds is 6. The van der Waals surface area contributed by atoms with Gasteiger partial charge in [-0.2, -0.15) is 13.2 Å². The molecule has 1 aliphatic rings. The SMILES string of the molecule is C[C@@H](OC(=O)CNC(=O)C1CCCCC1)C(=O)Nc1ccc(C(F)(F)F)cc1. The summed E-state index contributed by atoms with van der Waals surface area (Å²) in [4.78, 5) is 35.8. The molecule has 0 saturated heterocycles. The van der Waals surface area contributed by atoms with Crippen LogP contribution in [0.25, 0.3) is 0 Å². The first-order valence-electron chi connectivity index (χ1n) is 9.12. The lowest BCUT2D eigenvalue weighted by Gasteiger charge is -2.20. The molecule has 9 heteroatoms. The number of carbonyl (C=O) groups is 3. The summed E-state index contributed by atoms with van der Waals surface area (Å²) in [5, 5.41) is 4.89. The Hall–Kier alpha value is -2.58. The molecule has 0 heterocycles. The van der Waals surface area contributed by atoms with Gasteiger partial charge in [0, 0.05) is 11.6 Å². The predicted octanol–water partition coefficient (Wildman–Crippen LogP) is 3.27. The summed E-state index contributed by atoms with van der Waals surface area (Å²) in [5.41, 5.74) is -0.690. The Labute approximate surface area is 160 Å². The lowest BCUT2D eigenvalue weighted by Crippen LogP contribution is -2.38. The summed E-state index contributed by atoms with van der Waals surface area (Å²) in [7, 11) is 0. The first kappa shape index (κ1) is 21.7. The summed E-state index contributed by atoms with van der Waals surface area (Å²) in [6.45, 7) is 0.994. The van der Waals surface area contributed by atoms with E-state index >= 15 is 0 Å². The average Bonchev–Trinajstić information content (AvgIpc) is 2.66. The van der Waals surface area contributed by atoms with Crippen molar-refractivity contribution in [2.24, 2.45) is 5.92 Å². The van der Waals surface area contributed by atoms with Gasteiger partial charge in [0.1, 0.15) is 6.54 Å². The van der Waals surface area contributed by atoms with Crippen LogP contribution in [0.4, 0.5) is 18.9 Å². The Morgan fingerprint density at radius 1 is 1.11 bits per heavy atom. The van der Waals surface area contributed by atoms with Crippen molar-refractivity contribution in [1.82, 2.24) is 5.32 Å². The van der Waals surface area contributed by atoms with Crippen molar-refractivity contribution in [2.45, 2.75) is 51.3 Å². The van der Waals surface area contributed by atoms with Crippen molar-refractivity contribution < 1.29 is 32.3 Å². The molecule has 1 aromatic carbocycles. The minimum Gasteiger partial charge on any atom is -0.451 e. The molecule has 1 fully saturated rings. The van der Waals surface area contributed by atoms with Crippen LogP contribution in [0.3, 0.4) is 0 Å². The van der Waals surface area contributed by atoms with Crippen LogP contribution >= 0.6 is 0 Å². The van der Waals surface area contributed by atoms with Crippen molar-refractivity contribution in [3.05, 3.63) is 29.8 Å². The highest BCUT2D eigenvalue weighted by Crippen LogP contribution is 2.29. The maximum atomic E-state index is 12.5. The minimum atomic E-state index is -4.46. The lowest BCUT2D eigenvalue weighted by molar-refractivity contribution is -0.153. The van der Waals surface area contributed by atoms with Gasteiger partial charge in [-0.15, -0.1) is 0 Å². The molecule has 1 aliphatic carbocycles. The van der Waals surface area contributed by atoms with Crippen LogP contribution in [0.1, 0.15) is 44.6 Å². The second-order valence-electron chi connectivity index (χ2n) is 6.75. The first-order valence-corrected chi connectivity index (χ1v) is 9.12. The molecule has 0 bridgehead atoms. The molecule has 2 amide bonds. The standard InChI is InChI=1S/C19H23F3N2O4/c1-12(17(26)24-15-9-7-14(8-10-15)19(20,21)22)28-16(25)11-23-18(27)13-5-3-2-4-6-13/h7-10,12-13H,2-6,11H2,1H3,(H,23,27)(H,24,26)/t12-/m1/s1. The van der Waals surface area contributed by atoms with E-state index in [4.69, 9.17) is 4.74 Å². The third-order valence-electron chi connectivity index (χ3n) is 4.54. The highest BCUT2D eigenvalue weighted by molar-refractivity contribution is 5.95. The normalized spacial score (nSPS) is 16.1. The van der Waals surface area contributed by atoms with Crippen LogP contribution in [-0.2, 0) is 25.3 Å². The van der Waals surface area contributed by atoms with Crippen LogP contribution in [0.2, 0.25) is 0 Å². The molecule has 1 atom stereocenters. The van der Waals surface area contributed by atoms with E-state index in [1.54, 1.807) is 0 Å². The fraction of sp³-hybridized carbons (Fsp3) is 0.526. The highest BCUT2D eigenvalue weighted by Gasteiger charge is 2.30. The van der Waals surface area contributed by atoms with Crippen molar-refractivity contribution in [3.63, 3.8) is 0 Å². The zero-order chi connectivity index (χ0) is 20.7. The number of alkyl halides is 3. The second kappa shape index (κ2) is 9.57. The number of benzene rings is 1. The van der Waals surface area contributed by atoms with E-state index in [2.05, 4.69) is 10.6 Å². The van der Waals surface area contributed by atoms with E-state index < -0.39 is 29.7 Å². The van der Waals surface area contributed by atoms with E-state index in [0.29, 0.717) is 0 Å². The lowest BCUT2D eigenvalue weighted by atomic mass is 9.89. The highest BCUT2D eigenvalue weighted by atomic mass is 19.4. The van der Waals surface area contributed by atoms with E-state index in [-0.39, 0.29) is 24.1 Å². The van der Waals surface area contributed by atoms with Crippen molar-refractivity contribution in [2.75, 3.05) is 11.9 Å². The van der Waals surface area contributed by atoms with Gasteiger partial charge in [-0.3, -0.25) is 14.4 Å². The molecule has 154 valence electrons. The number of amides is 2. The van der Waals surface area contributed by atoms with Gasteiger partial charge in [-0.05, 0) is 44.0 Å². The van der Waals surface area contributed by atoms with E-state index in [1.165, 1.54) is 6.92 Å². The van der Waals surface area contributed by atoms with Gasteiger partial charge in [-0.1, -0.05) is 19.3 Å². The van der Waals surface area contributed by atoms with Crippen molar-refractivity contribution >= 4 is 23.5 Å². The summed E-state index contributed by atoms with van der Waals surface area (Å²) in [5.74, 6) is -1.74. The fourth-order valence-corrected chi connectivity index (χ4v) is 2.95. The van der Waals surface area contributed by atoms with Gasteiger partial charge in [0.25, 0.3) is 5.91 Å². The third kappa shape index (κ3) is 6.54. The maximum Gasteiger partial charge on any atom is 0.416 e. The van der Waals surface area contributed by atoms with Gasteiger partial charge in [0.05, 0.1) is 5.56 Å². The van der Waals surface area contributed by atoms with E-state index in [1.807, 2.05) is 0 Å². The second-order valence-corrected chi connectivity index (χ2v) is 6.75. The molecule has 0 unspecified atom stereocenters. The number of hydrogen-bond acceptors (Lipinski definition) is 4. The van der Waals surface area contributed by atoms with Crippen LogP contribution in [-0.4, -0.2) is 30.4 Å². The van der Waals surface area contributed by atoms with E-state index in [9.17, 15) is 27.6 Å². The molecule has 0 radical (unpaired) electrons. The third-order valence-corrected chi connectivity index (χ3v) is 4.54. The minimum absolute atomic E-state index is 0.0954. The Bertz CT molecular complexity index is 698. The van der Waals surface area contributed by atoms with Crippen molar-refractivity contribution in [3.8, 4) is 0 Å². The topological polar surface area (TPSA) is 84.5 Å². The molecule has 6 nitrogen and oxygen atoms in total. The molecule has 2 rings (SSSR count). The average molecular weight is 400 g/mol. The zero-order valence-corrected chi connectivity index (χ0v) is 15.5. The Kier molecular flexibility index (Phi) is 7.42. The smallest absolute Gasteiger partial charge is 0.416 e. The maximum absolute atomic E-state index is 12.5. The Morgan fingerprint density at radius 3 is 2.29 bits per heavy atom. The summed E-state index contributed by atoms with van der Waals surface area (Å²) in [6.07, 6.45) is -0.945. The molecule has 1 aromatic rings. The molecule has 2 N–H and O–H groups in total. The molecule has 0 spiro atoms. The number of nitrogens with one attached hydrogen (secondary N) is 2. The Balaban J connectivity index is 1.76. The number of hydrogen-bond donors (Lipinski definition) is 2. The largest absolute Gasteiger partial charge is 0.451 e. The fourth-order valence-electron chi connectivity index (χ4n) is 2.95. The molecular weight excluding hydrogens is 377 g/mol. The molecule has 0 aliphatic heterocycles. The van der Waals surface area contributed by atoms with Crippen LogP contribution < -0.4 is 10.6 Å². The van der Waals surface area contributed by atoms with Gasteiger partial charge in [0.15, 0.2) is 6.10 Å². The predicted molar refractivity (Wildman–Crippen MR) is 95.2 cm³/mol. The number of ether oxygens (including phenoxy) is 1. The van der Waals surface area contributed by atoms with Crippen molar-refractivity contribution in [1.29, 1.82) is 0 Å². The Morgan fingerprint density at radius 2 is 1.71 bits per heavy atom. The monoisotopic (exact) mass is 400 g/mol. The number of carbonyl (C=O) groups excluding carboxylic acids is 3. The van der Waals surface area contributed by atoms with Crippen LogP contribution in [0.15, 0.2) is 24.3 Å². The summed E-state index contributed by atoms with van der Waals surface area (Å²) >= 11 is 0. The molecule has 1 saturated carbocycles. The van der Waals surface area contributed by atoms with Crippen LogP contribution in [0.5, 0.6) is 0 Å². The quantitative estimate of drug-likeness (QED) is 0.718. The van der Waals surface area contributed by atoms with Gasteiger partial charge < -0.3 is 15.4 Å². The zero-order valence-electron chi connectivity index (χ0n) is 15.5. The number of esters is 1. The van der Waals surface area contributed by atoms with Gasteiger partial charge in [-0.25, -0.2) is 0 Å². The summed E-state index contributed by atoms with van der Waals surface area (Å²) < 4.78 is 42.5. The number of anilines is 1. The van der Waals surface area contributed by atoms with Crippen LogP contribution in [0, 0.1) is 5.92 Å². The molecule has 28 heavy (non-hydrogen) atoms. The molecule has 0 aromatic heterocycles. The molecular formula is C19H23F3N2O4. The first-order chi connectivity index (χ1) is 13.2. The van der Waals surface area contributed by atoms with Gasteiger partial charge >= 0.3 is 12.1 Å². The van der Waals surface area contributed by atoms with E-state index in [0.717, 1.165) is 56.4 Å². The van der Waals surface area contributed by atoms with Gasteiger partial charge in [0.2, 0.25) is 5.91 Å². The summed E-state index contributed by atoms with van der Waals surface area (Å²) in [6, 6.07) is 3.90. The number of halogens is 3.